The first-order valence-corrected chi connectivity index (χ1v) is 10.1. The fourth-order valence-corrected chi connectivity index (χ4v) is 4.21. The minimum absolute atomic E-state index is 0. The minimum Gasteiger partial charge on any atom is -0.337 e. The number of nitrogens with one attached hydrogen (secondary N) is 1. The van der Waals surface area contributed by atoms with Crippen LogP contribution in [-0.4, -0.2) is 45.9 Å². The normalized spacial score (nSPS) is 21.0. The summed E-state index contributed by atoms with van der Waals surface area (Å²) < 4.78 is 0. The lowest BCUT2D eigenvalue weighted by Gasteiger charge is -2.32. The summed E-state index contributed by atoms with van der Waals surface area (Å²) in [5.74, 6) is 3.08. The average Bonchev–Trinajstić information content (AvgIpc) is 3.22. The number of H-pyrrole nitrogens is 1. The van der Waals surface area contributed by atoms with Gasteiger partial charge in [-0.25, -0.2) is 9.78 Å². The lowest BCUT2D eigenvalue weighted by molar-refractivity contribution is 0.226. The maximum absolute atomic E-state index is 13.1. The number of fused-ring (bicyclic) bond motifs is 3. The van der Waals surface area contributed by atoms with Crippen molar-refractivity contribution in [2.75, 3.05) is 18.0 Å². The molecule has 3 aliphatic rings. The number of nitrogens with zero attached hydrogens (tertiary/aromatic N) is 4. The highest BCUT2D eigenvalue weighted by atomic mass is 35.5. The first kappa shape index (κ1) is 19.0. The molecule has 148 valence electrons. The van der Waals surface area contributed by atoms with Crippen molar-refractivity contribution >= 4 is 30.1 Å². The van der Waals surface area contributed by atoms with Gasteiger partial charge in [-0.2, -0.15) is 0 Å². The van der Waals surface area contributed by atoms with E-state index in [1.807, 2.05) is 15.9 Å². The van der Waals surface area contributed by atoms with Gasteiger partial charge in [0.2, 0.25) is 0 Å². The van der Waals surface area contributed by atoms with Crippen LogP contribution >= 0.6 is 12.4 Å². The second-order valence-electron chi connectivity index (χ2n) is 7.79. The van der Waals surface area contributed by atoms with Crippen LogP contribution in [0.15, 0.2) is 35.3 Å². The summed E-state index contributed by atoms with van der Waals surface area (Å²) in [6, 6.07) is 10.5. The Morgan fingerprint density at radius 3 is 2.68 bits per heavy atom. The summed E-state index contributed by atoms with van der Waals surface area (Å²) >= 11 is 0. The number of carbonyl (C=O) groups excluding carboxylic acids is 1. The average molecular weight is 400 g/mol. The minimum atomic E-state index is 0. The van der Waals surface area contributed by atoms with Crippen LogP contribution in [0.3, 0.4) is 0 Å². The van der Waals surface area contributed by atoms with Crippen LogP contribution in [0.25, 0.3) is 0 Å². The SMILES string of the molecule is CCCN1C(=O)N2C[C@@H](Cc3ccccc3)N=C2c2[nH]c(C3CCC3)nc21.Cl. The topological polar surface area (TPSA) is 64.6 Å². The monoisotopic (exact) mass is 399 g/mol. The Morgan fingerprint density at radius 1 is 1.21 bits per heavy atom. The number of benzene rings is 1. The van der Waals surface area contributed by atoms with Crippen molar-refractivity contribution in [2.45, 2.75) is 51.0 Å². The molecule has 0 saturated heterocycles. The Hall–Kier alpha value is -2.34. The first-order valence-electron chi connectivity index (χ1n) is 10.1. The zero-order chi connectivity index (χ0) is 18.4. The first-order chi connectivity index (χ1) is 13.2. The molecule has 1 fully saturated rings. The summed E-state index contributed by atoms with van der Waals surface area (Å²) in [6.07, 6.45) is 5.38. The fourth-order valence-electron chi connectivity index (χ4n) is 4.21. The van der Waals surface area contributed by atoms with Gasteiger partial charge in [-0.15, -0.1) is 12.4 Å². The summed E-state index contributed by atoms with van der Waals surface area (Å²) in [6.45, 7) is 3.42. The van der Waals surface area contributed by atoms with Crippen molar-refractivity contribution in [1.29, 1.82) is 0 Å². The zero-order valence-electron chi connectivity index (χ0n) is 16.1. The number of aromatic nitrogens is 2. The molecule has 2 aromatic rings. The Kier molecular flexibility index (Phi) is 5.15. The van der Waals surface area contributed by atoms with E-state index in [2.05, 4.69) is 36.2 Å². The molecule has 1 aliphatic carbocycles. The number of rotatable bonds is 5. The Bertz CT molecular complexity index is 889. The zero-order valence-corrected chi connectivity index (χ0v) is 16.9. The molecular formula is C21H26ClN5O. The van der Waals surface area contributed by atoms with Gasteiger partial charge in [-0.3, -0.25) is 14.8 Å². The maximum atomic E-state index is 13.1. The van der Waals surface area contributed by atoms with E-state index in [0.717, 1.165) is 36.0 Å². The smallest absolute Gasteiger partial charge is 0.331 e. The molecule has 1 saturated carbocycles. The van der Waals surface area contributed by atoms with Gasteiger partial charge in [-0.1, -0.05) is 43.7 Å². The van der Waals surface area contributed by atoms with Gasteiger partial charge in [0.15, 0.2) is 11.7 Å². The number of amidine groups is 1. The Labute approximate surface area is 171 Å². The maximum Gasteiger partial charge on any atom is 0.331 e. The Balaban J connectivity index is 0.00000192. The highest BCUT2D eigenvalue weighted by Gasteiger charge is 2.42. The summed E-state index contributed by atoms with van der Waals surface area (Å²) in [5, 5.41) is 0. The number of imidazole rings is 1. The third-order valence-corrected chi connectivity index (χ3v) is 5.85. The summed E-state index contributed by atoms with van der Waals surface area (Å²) in [5.41, 5.74) is 2.19. The second-order valence-corrected chi connectivity index (χ2v) is 7.79. The molecule has 1 aromatic carbocycles. The van der Waals surface area contributed by atoms with Gasteiger partial charge in [0.1, 0.15) is 11.5 Å². The number of carbonyl (C=O) groups is 1. The van der Waals surface area contributed by atoms with Crippen molar-refractivity contribution in [3.8, 4) is 0 Å². The molecule has 1 aromatic heterocycles. The van der Waals surface area contributed by atoms with Gasteiger partial charge in [0.25, 0.3) is 0 Å². The number of hydrogen-bond acceptors (Lipinski definition) is 3. The van der Waals surface area contributed by atoms with E-state index in [9.17, 15) is 4.79 Å². The number of urea groups is 1. The van der Waals surface area contributed by atoms with Crippen molar-refractivity contribution in [2.24, 2.45) is 4.99 Å². The predicted octanol–water partition coefficient (Wildman–Crippen LogP) is 4.12. The molecule has 6 nitrogen and oxygen atoms in total. The molecule has 2 amide bonds. The van der Waals surface area contributed by atoms with Crippen molar-refractivity contribution in [3.63, 3.8) is 0 Å². The van der Waals surface area contributed by atoms with Gasteiger partial charge < -0.3 is 4.98 Å². The summed E-state index contributed by atoms with van der Waals surface area (Å²) in [4.78, 5) is 30.1. The molecule has 7 heteroatoms. The third-order valence-electron chi connectivity index (χ3n) is 5.85. The van der Waals surface area contributed by atoms with Gasteiger partial charge in [-0.05, 0) is 31.2 Å². The number of amides is 2. The van der Waals surface area contributed by atoms with Crippen LogP contribution in [0.1, 0.15) is 55.6 Å². The molecule has 1 atom stereocenters. The highest BCUT2D eigenvalue weighted by Crippen LogP contribution is 2.38. The number of aliphatic imine (C=N–C) groups is 1. The number of aromatic amines is 1. The second kappa shape index (κ2) is 7.59. The van der Waals surface area contributed by atoms with Crippen LogP contribution in [-0.2, 0) is 6.42 Å². The van der Waals surface area contributed by atoms with E-state index in [1.165, 1.54) is 24.8 Å². The molecule has 0 radical (unpaired) electrons. The molecule has 28 heavy (non-hydrogen) atoms. The van der Waals surface area contributed by atoms with Crippen molar-refractivity contribution < 1.29 is 4.79 Å². The molecular weight excluding hydrogens is 374 g/mol. The highest BCUT2D eigenvalue weighted by molar-refractivity contribution is 6.18. The lowest BCUT2D eigenvalue weighted by atomic mass is 9.85. The van der Waals surface area contributed by atoms with Crippen molar-refractivity contribution in [1.82, 2.24) is 14.9 Å². The fraction of sp³-hybridized carbons (Fsp3) is 0.476. The van der Waals surface area contributed by atoms with E-state index in [-0.39, 0.29) is 24.5 Å². The Morgan fingerprint density at radius 2 is 2.00 bits per heavy atom. The molecule has 1 N–H and O–H groups in total. The van der Waals surface area contributed by atoms with Crippen LogP contribution in [0.5, 0.6) is 0 Å². The van der Waals surface area contributed by atoms with E-state index < -0.39 is 0 Å². The standard InChI is InChI=1S/C21H25N5O.ClH/c1-2-11-25-20-17(23-18(24-20)15-9-6-10-15)19-22-16(13-26(19)21(25)27)12-14-7-4-3-5-8-14;/h3-5,7-8,15-16H,2,6,9-13H2,1H3,(H,23,24);1H/t16-;/m1./s1. The molecule has 3 heterocycles. The molecule has 2 aliphatic heterocycles. The van der Waals surface area contributed by atoms with Crippen LogP contribution in [0.4, 0.5) is 10.6 Å². The molecule has 0 unspecified atom stereocenters. The van der Waals surface area contributed by atoms with Crippen molar-refractivity contribution in [3.05, 3.63) is 47.4 Å². The van der Waals surface area contributed by atoms with Crippen LogP contribution < -0.4 is 4.90 Å². The van der Waals surface area contributed by atoms with Crippen LogP contribution in [0, 0.1) is 0 Å². The van der Waals surface area contributed by atoms with Gasteiger partial charge >= 0.3 is 6.03 Å². The molecule has 5 rings (SSSR count). The van der Waals surface area contributed by atoms with Gasteiger partial charge in [0, 0.05) is 12.5 Å². The van der Waals surface area contributed by atoms with Gasteiger partial charge in [0.05, 0.1) is 12.6 Å². The molecule has 0 spiro atoms. The van der Waals surface area contributed by atoms with E-state index in [0.29, 0.717) is 19.0 Å². The third kappa shape index (κ3) is 3.09. The number of anilines is 1. The molecule has 0 bridgehead atoms. The quantitative estimate of drug-likeness (QED) is 0.821. The van der Waals surface area contributed by atoms with E-state index in [4.69, 9.17) is 9.98 Å². The number of halogens is 1. The predicted molar refractivity (Wildman–Crippen MR) is 113 cm³/mol. The summed E-state index contributed by atoms with van der Waals surface area (Å²) in [7, 11) is 0. The lowest BCUT2D eigenvalue weighted by Crippen LogP contribution is -2.50. The van der Waals surface area contributed by atoms with Crippen LogP contribution in [0.2, 0.25) is 0 Å². The largest absolute Gasteiger partial charge is 0.337 e. The van der Waals surface area contributed by atoms with E-state index in [1.54, 1.807) is 0 Å². The van der Waals surface area contributed by atoms with E-state index >= 15 is 0 Å². The number of hydrogen-bond donors (Lipinski definition) is 1.